The molecule has 4 rings (SSSR count). The van der Waals surface area contributed by atoms with E-state index in [0.29, 0.717) is 15.8 Å². The highest BCUT2D eigenvalue weighted by atomic mass is 32.1. The van der Waals surface area contributed by atoms with Crippen LogP contribution in [0, 0.1) is 0 Å². The topological polar surface area (TPSA) is 103 Å². The first-order valence-electron chi connectivity index (χ1n) is 9.49. The molecule has 0 radical (unpaired) electrons. The van der Waals surface area contributed by atoms with E-state index in [1.54, 1.807) is 41.8 Å². The minimum Gasteiger partial charge on any atom is -0.441 e. The molecule has 0 spiro atoms. The van der Waals surface area contributed by atoms with Gasteiger partial charge in [0, 0.05) is 6.42 Å². The summed E-state index contributed by atoms with van der Waals surface area (Å²) in [6.45, 7) is -0.407. The van der Waals surface area contributed by atoms with Crippen LogP contribution in [0.4, 0.5) is 0 Å². The number of amides is 1. The number of rotatable bonds is 7. The molecule has 9 heteroatoms. The predicted molar refractivity (Wildman–Crippen MR) is 116 cm³/mol. The summed E-state index contributed by atoms with van der Waals surface area (Å²) in [5.74, 6) is -1.04. The van der Waals surface area contributed by atoms with E-state index >= 15 is 0 Å². The first-order valence-corrected chi connectivity index (χ1v) is 10.4. The first-order chi connectivity index (χ1) is 15.1. The Morgan fingerprint density at radius 1 is 1.03 bits per heavy atom. The van der Waals surface area contributed by atoms with Crippen LogP contribution in [-0.2, 0) is 22.7 Å². The largest absolute Gasteiger partial charge is 0.441 e. The van der Waals surface area contributed by atoms with Crippen LogP contribution in [0.25, 0.3) is 10.9 Å². The Kier molecular flexibility index (Phi) is 6.13. The van der Waals surface area contributed by atoms with Gasteiger partial charge in [-0.15, -0.1) is 16.4 Å². The van der Waals surface area contributed by atoms with Gasteiger partial charge in [-0.3, -0.25) is 9.59 Å². The summed E-state index contributed by atoms with van der Waals surface area (Å²) >= 11 is 1.28. The molecule has 2 heterocycles. The van der Waals surface area contributed by atoms with E-state index in [0.717, 1.165) is 10.2 Å². The zero-order chi connectivity index (χ0) is 21.6. The minimum atomic E-state index is -0.930. The second-order valence-corrected chi connectivity index (χ2v) is 7.64. The summed E-state index contributed by atoms with van der Waals surface area (Å²) in [6.07, 6.45) is 0.245. The molecule has 0 saturated heterocycles. The van der Waals surface area contributed by atoms with Crippen molar-refractivity contribution in [2.24, 2.45) is 0 Å². The quantitative estimate of drug-likeness (QED) is 0.448. The van der Waals surface area contributed by atoms with Gasteiger partial charge in [0.1, 0.15) is 11.6 Å². The highest BCUT2D eigenvalue weighted by Crippen LogP contribution is 2.11. The predicted octanol–water partition coefficient (Wildman–Crippen LogP) is 2.40. The maximum absolute atomic E-state index is 12.8. The van der Waals surface area contributed by atoms with Gasteiger partial charge in [0.05, 0.1) is 10.3 Å². The van der Waals surface area contributed by atoms with Crippen molar-refractivity contribution in [3.63, 3.8) is 0 Å². The smallest absolute Gasteiger partial charge is 0.330 e. The normalized spacial score (nSPS) is 11.7. The van der Waals surface area contributed by atoms with E-state index < -0.39 is 24.3 Å². The van der Waals surface area contributed by atoms with Crippen molar-refractivity contribution in [3.8, 4) is 0 Å². The van der Waals surface area contributed by atoms with Crippen LogP contribution < -0.4 is 10.9 Å². The summed E-state index contributed by atoms with van der Waals surface area (Å²) in [6, 6.07) is 18.6. The fraction of sp³-hybridized carbons (Fsp3) is 0.136. The lowest BCUT2D eigenvalue weighted by molar-refractivity contribution is -0.150. The van der Waals surface area contributed by atoms with Crippen LogP contribution in [0.5, 0.6) is 0 Å². The second kappa shape index (κ2) is 9.31. The maximum atomic E-state index is 12.8. The molecule has 4 aromatic rings. The third kappa shape index (κ3) is 4.84. The van der Waals surface area contributed by atoms with E-state index in [4.69, 9.17) is 4.74 Å². The van der Waals surface area contributed by atoms with E-state index in [1.165, 1.54) is 11.3 Å². The number of nitrogens with zero attached hydrogens (tertiary/aromatic N) is 3. The zero-order valence-corrected chi connectivity index (χ0v) is 17.1. The molecule has 2 aromatic carbocycles. The molecule has 31 heavy (non-hydrogen) atoms. The van der Waals surface area contributed by atoms with Gasteiger partial charge in [0.15, 0.2) is 6.73 Å². The first kappa shape index (κ1) is 20.4. The lowest BCUT2D eigenvalue weighted by Gasteiger charge is -2.17. The lowest BCUT2D eigenvalue weighted by Crippen LogP contribution is -2.43. The average Bonchev–Trinajstić information content (AvgIpc) is 3.34. The van der Waals surface area contributed by atoms with Gasteiger partial charge in [-0.25, -0.2) is 4.79 Å². The van der Waals surface area contributed by atoms with Crippen molar-refractivity contribution in [2.75, 3.05) is 0 Å². The highest BCUT2D eigenvalue weighted by molar-refractivity contribution is 7.12. The number of aromatic nitrogens is 3. The van der Waals surface area contributed by atoms with Gasteiger partial charge in [-0.2, -0.15) is 4.68 Å². The van der Waals surface area contributed by atoms with Crippen molar-refractivity contribution < 1.29 is 14.3 Å². The van der Waals surface area contributed by atoms with Crippen LogP contribution in [0.15, 0.2) is 76.9 Å². The van der Waals surface area contributed by atoms with Crippen LogP contribution in [0.1, 0.15) is 15.2 Å². The molecule has 0 bridgehead atoms. The van der Waals surface area contributed by atoms with Crippen LogP contribution in [-0.4, -0.2) is 32.9 Å². The van der Waals surface area contributed by atoms with Gasteiger partial charge in [-0.1, -0.05) is 53.7 Å². The van der Waals surface area contributed by atoms with E-state index in [2.05, 4.69) is 15.6 Å². The van der Waals surface area contributed by atoms with Crippen molar-refractivity contribution in [1.29, 1.82) is 0 Å². The van der Waals surface area contributed by atoms with Gasteiger partial charge >= 0.3 is 5.97 Å². The van der Waals surface area contributed by atoms with Gasteiger partial charge in [0.25, 0.3) is 11.5 Å². The molecule has 0 fully saturated rings. The van der Waals surface area contributed by atoms with Gasteiger partial charge in [-0.05, 0) is 29.1 Å². The Bertz CT molecular complexity index is 1260. The standard InChI is InChI=1S/C22H18N4O4S/c27-20(19-11-6-12-31-19)23-18(13-15-7-2-1-3-8-15)22(29)30-14-26-21(28)16-9-4-5-10-17(16)24-25-26/h1-12,18H,13-14H2,(H,23,27). The number of esters is 1. The summed E-state index contributed by atoms with van der Waals surface area (Å²) < 4.78 is 6.29. The van der Waals surface area contributed by atoms with E-state index in [1.807, 2.05) is 30.3 Å². The number of benzene rings is 2. The molecule has 2 aromatic heterocycles. The van der Waals surface area contributed by atoms with Crippen molar-refractivity contribution in [1.82, 2.24) is 20.3 Å². The molecular formula is C22H18N4O4S. The molecule has 0 saturated carbocycles. The van der Waals surface area contributed by atoms with Crippen LogP contribution >= 0.6 is 11.3 Å². The summed E-state index contributed by atoms with van der Waals surface area (Å²) in [5, 5.41) is 12.7. The number of thiophene rings is 1. The Labute approximate surface area is 181 Å². The second-order valence-electron chi connectivity index (χ2n) is 6.70. The number of carbonyl (C=O) groups excluding carboxylic acids is 2. The van der Waals surface area contributed by atoms with Crippen molar-refractivity contribution >= 4 is 34.1 Å². The summed E-state index contributed by atoms with van der Waals surface area (Å²) in [5.41, 5.74) is 0.902. The Balaban J connectivity index is 1.50. The fourth-order valence-electron chi connectivity index (χ4n) is 3.01. The average molecular weight is 434 g/mol. The monoisotopic (exact) mass is 434 g/mol. The number of hydrogen-bond donors (Lipinski definition) is 1. The highest BCUT2D eigenvalue weighted by Gasteiger charge is 2.24. The molecule has 0 aliphatic rings. The van der Waals surface area contributed by atoms with Crippen molar-refractivity contribution in [2.45, 2.75) is 19.2 Å². The van der Waals surface area contributed by atoms with E-state index in [9.17, 15) is 14.4 Å². The molecule has 0 aliphatic heterocycles. The number of carbonyl (C=O) groups is 2. The third-order valence-electron chi connectivity index (χ3n) is 4.58. The Morgan fingerprint density at radius 2 is 1.81 bits per heavy atom. The van der Waals surface area contributed by atoms with E-state index in [-0.39, 0.29) is 12.3 Å². The van der Waals surface area contributed by atoms with Crippen LogP contribution in [0.2, 0.25) is 0 Å². The Hall–Kier alpha value is -3.85. The maximum Gasteiger partial charge on any atom is 0.330 e. The molecular weight excluding hydrogens is 416 g/mol. The zero-order valence-electron chi connectivity index (χ0n) is 16.3. The molecule has 1 atom stereocenters. The number of fused-ring (bicyclic) bond motifs is 1. The number of ether oxygens (including phenoxy) is 1. The molecule has 156 valence electrons. The molecule has 0 aliphatic carbocycles. The third-order valence-corrected chi connectivity index (χ3v) is 5.44. The molecule has 8 nitrogen and oxygen atoms in total. The molecule has 1 amide bonds. The Morgan fingerprint density at radius 3 is 2.58 bits per heavy atom. The molecule has 1 unspecified atom stereocenters. The summed E-state index contributed by atoms with van der Waals surface area (Å²) in [4.78, 5) is 38.3. The fourth-order valence-corrected chi connectivity index (χ4v) is 3.64. The summed E-state index contributed by atoms with van der Waals surface area (Å²) in [7, 11) is 0. The molecule has 1 N–H and O–H groups in total. The lowest BCUT2D eigenvalue weighted by atomic mass is 10.1. The van der Waals surface area contributed by atoms with Gasteiger partial charge in [0.2, 0.25) is 0 Å². The number of nitrogens with one attached hydrogen (secondary N) is 1. The SMILES string of the molecule is O=C(NC(Cc1ccccc1)C(=O)OCn1nnc2ccccc2c1=O)c1cccs1. The minimum absolute atomic E-state index is 0.245. The number of hydrogen-bond acceptors (Lipinski definition) is 7. The van der Waals surface area contributed by atoms with Gasteiger partial charge < -0.3 is 10.1 Å². The van der Waals surface area contributed by atoms with Crippen molar-refractivity contribution in [3.05, 3.63) is 92.9 Å². The van der Waals surface area contributed by atoms with Crippen LogP contribution in [0.3, 0.4) is 0 Å².